The van der Waals surface area contributed by atoms with Crippen molar-refractivity contribution < 1.29 is 9.63 Å². The summed E-state index contributed by atoms with van der Waals surface area (Å²) in [5.74, 6) is 0.459. The van der Waals surface area contributed by atoms with Crippen molar-refractivity contribution in [1.82, 2.24) is 10.1 Å². The molecule has 0 spiro atoms. The number of nitrogens with one attached hydrogen (secondary N) is 1. The predicted molar refractivity (Wildman–Crippen MR) is 82.6 cm³/mol. The molecule has 2 rings (SSSR count). The van der Waals surface area contributed by atoms with Gasteiger partial charge in [0.2, 0.25) is 0 Å². The summed E-state index contributed by atoms with van der Waals surface area (Å²) in [5, 5.41) is 13.6. The quantitative estimate of drug-likeness (QED) is 0.857. The molecule has 0 amide bonds. The molecule has 0 aliphatic rings. The third-order valence-corrected chi connectivity index (χ3v) is 3.23. The standard InChI is InChI=1S/C15H19ClN2O3/c1-10(2)17-8-13(19)9-18-15(20)7-14(21-18)11-3-5-12(16)6-4-11/h3-7,10,13,17,19H,8-9H2,1-2H3. The van der Waals surface area contributed by atoms with Crippen LogP contribution in [0.15, 0.2) is 39.6 Å². The highest BCUT2D eigenvalue weighted by molar-refractivity contribution is 6.30. The largest absolute Gasteiger partial charge is 0.390 e. The minimum Gasteiger partial charge on any atom is -0.390 e. The Hall–Kier alpha value is -1.56. The fraction of sp³-hybridized carbons (Fsp3) is 0.400. The summed E-state index contributed by atoms with van der Waals surface area (Å²) in [7, 11) is 0. The molecule has 2 N–H and O–H groups in total. The van der Waals surface area contributed by atoms with Crippen LogP contribution in [-0.4, -0.2) is 28.5 Å². The Morgan fingerprint density at radius 3 is 2.62 bits per heavy atom. The van der Waals surface area contributed by atoms with E-state index in [-0.39, 0.29) is 18.1 Å². The van der Waals surface area contributed by atoms with Crippen LogP contribution in [0.3, 0.4) is 0 Å². The smallest absolute Gasteiger partial charge is 0.283 e. The van der Waals surface area contributed by atoms with E-state index in [1.54, 1.807) is 24.3 Å². The van der Waals surface area contributed by atoms with Crippen molar-refractivity contribution in [2.75, 3.05) is 6.54 Å². The van der Waals surface area contributed by atoms with Crippen LogP contribution in [0.5, 0.6) is 0 Å². The first kappa shape index (κ1) is 15.8. The number of aliphatic hydroxyl groups excluding tert-OH is 1. The zero-order valence-corrected chi connectivity index (χ0v) is 12.8. The second-order valence-corrected chi connectivity index (χ2v) is 5.66. The van der Waals surface area contributed by atoms with Gasteiger partial charge < -0.3 is 14.9 Å². The van der Waals surface area contributed by atoms with Crippen molar-refractivity contribution >= 4 is 11.6 Å². The van der Waals surface area contributed by atoms with E-state index in [9.17, 15) is 9.90 Å². The minimum absolute atomic E-state index is 0.117. The van der Waals surface area contributed by atoms with Gasteiger partial charge in [0.1, 0.15) is 0 Å². The lowest BCUT2D eigenvalue weighted by Gasteiger charge is -2.13. The highest BCUT2D eigenvalue weighted by atomic mass is 35.5. The van der Waals surface area contributed by atoms with Crippen molar-refractivity contribution in [2.45, 2.75) is 32.5 Å². The fourth-order valence-electron chi connectivity index (χ4n) is 1.88. The molecule has 0 aliphatic carbocycles. The van der Waals surface area contributed by atoms with E-state index in [1.165, 1.54) is 6.07 Å². The van der Waals surface area contributed by atoms with E-state index in [0.717, 1.165) is 10.3 Å². The molecule has 0 saturated carbocycles. The second kappa shape index (κ2) is 6.93. The second-order valence-electron chi connectivity index (χ2n) is 5.22. The van der Waals surface area contributed by atoms with Gasteiger partial charge in [-0.1, -0.05) is 25.4 Å². The number of halogens is 1. The number of aliphatic hydroxyl groups is 1. The zero-order chi connectivity index (χ0) is 15.4. The van der Waals surface area contributed by atoms with Crippen LogP contribution >= 0.6 is 11.6 Å². The molecule has 1 aromatic heterocycles. The van der Waals surface area contributed by atoms with E-state index < -0.39 is 6.10 Å². The summed E-state index contributed by atoms with van der Waals surface area (Å²) < 4.78 is 6.65. The molecule has 1 unspecified atom stereocenters. The van der Waals surface area contributed by atoms with Gasteiger partial charge >= 0.3 is 0 Å². The number of hydrogen-bond donors (Lipinski definition) is 2. The van der Waals surface area contributed by atoms with E-state index in [4.69, 9.17) is 16.1 Å². The average molecular weight is 311 g/mol. The number of rotatable bonds is 6. The maximum atomic E-state index is 11.9. The summed E-state index contributed by atoms with van der Waals surface area (Å²) >= 11 is 5.83. The van der Waals surface area contributed by atoms with Crippen molar-refractivity contribution in [3.63, 3.8) is 0 Å². The Morgan fingerprint density at radius 2 is 2.00 bits per heavy atom. The lowest BCUT2D eigenvalue weighted by atomic mass is 10.2. The van der Waals surface area contributed by atoms with Crippen molar-refractivity contribution in [1.29, 1.82) is 0 Å². The van der Waals surface area contributed by atoms with E-state index in [1.807, 2.05) is 13.8 Å². The molecule has 1 aromatic carbocycles. The molecule has 0 saturated heterocycles. The van der Waals surface area contributed by atoms with E-state index >= 15 is 0 Å². The first-order chi connectivity index (χ1) is 9.95. The number of aromatic nitrogens is 1. The third kappa shape index (κ3) is 4.46. The summed E-state index contributed by atoms with van der Waals surface area (Å²) in [6.45, 7) is 4.50. The van der Waals surface area contributed by atoms with Crippen molar-refractivity contribution in [3.05, 3.63) is 45.7 Å². The van der Waals surface area contributed by atoms with Crippen LogP contribution in [0.25, 0.3) is 11.3 Å². The molecule has 0 aliphatic heterocycles. The van der Waals surface area contributed by atoms with E-state index in [0.29, 0.717) is 17.3 Å². The van der Waals surface area contributed by atoms with Crippen LogP contribution in [0.1, 0.15) is 13.8 Å². The molecule has 114 valence electrons. The number of nitrogens with zero attached hydrogens (tertiary/aromatic N) is 1. The molecule has 21 heavy (non-hydrogen) atoms. The average Bonchev–Trinajstić information content (AvgIpc) is 2.78. The lowest BCUT2D eigenvalue weighted by Crippen LogP contribution is -2.35. The summed E-state index contributed by atoms with van der Waals surface area (Å²) in [6.07, 6.45) is -0.686. The zero-order valence-electron chi connectivity index (χ0n) is 12.0. The Bertz CT molecular complexity index is 631. The topological polar surface area (TPSA) is 67.4 Å². The summed E-state index contributed by atoms with van der Waals surface area (Å²) in [6, 6.07) is 8.71. The SMILES string of the molecule is CC(C)NCC(O)Cn1oc(-c2ccc(Cl)cc2)cc1=O. The molecule has 0 bridgehead atoms. The Morgan fingerprint density at radius 1 is 1.33 bits per heavy atom. The van der Waals surface area contributed by atoms with Crippen molar-refractivity contribution in [3.8, 4) is 11.3 Å². The predicted octanol–water partition coefficient (Wildman–Crippen LogP) is 2.12. The van der Waals surface area contributed by atoms with Gasteiger partial charge in [-0.2, -0.15) is 4.74 Å². The van der Waals surface area contributed by atoms with Crippen LogP contribution in [0.2, 0.25) is 5.02 Å². The van der Waals surface area contributed by atoms with E-state index in [2.05, 4.69) is 5.32 Å². The van der Waals surface area contributed by atoms with Gasteiger partial charge in [0.25, 0.3) is 5.56 Å². The Kier molecular flexibility index (Phi) is 5.22. The molecule has 6 heteroatoms. The molecule has 0 radical (unpaired) electrons. The molecular weight excluding hydrogens is 292 g/mol. The van der Waals surface area contributed by atoms with Gasteiger partial charge in [-0.25, -0.2) is 0 Å². The van der Waals surface area contributed by atoms with Crippen LogP contribution in [0.4, 0.5) is 0 Å². The number of hydrogen-bond acceptors (Lipinski definition) is 4. The molecular formula is C15H19ClN2O3. The van der Waals surface area contributed by atoms with Crippen molar-refractivity contribution in [2.24, 2.45) is 0 Å². The molecule has 0 fully saturated rings. The molecule has 5 nitrogen and oxygen atoms in total. The van der Waals surface area contributed by atoms with Crippen LogP contribution < -0.4 is 10.9 Å². The summed E-state index contributed by atoms with van der Waals surface area (Å²) in [4.78, 5) is 11.9. The third-order valence-electron chi connectivity index (χ3n) is 2.98. The highest BCUT2D eigenvalue weighted by Gasteiger charge is 2.12. The lowest BCUT2D eigenvalue weighted by molar-refractivity contribution is 0.109. The molecule has 1 heterocycles. The first-order valence-electron chi connectivity index (χ1n) is 6.84. The normalized spacial score (nSPS) is 12.8. The van der Waals surface area contributed by atoms with Gasteiger partial charge in [0.05, 0.1) is 18.7 Å². The Balaban J connectivity index is 2.09. The van der Waals surface area contributed by atoms with Gasteiger partial charge in [-0.05, 0) is 24.3 Å². The minimum atomic E-state index is -0.686. The van der Waals surface area contributed by atoms with Crippen LogP contribution in [0, 0.1) is 0 Å². The maximum Gasteiger partial charge on any atom is 0.283 e. The first-order valence-corrected chi connectivity index (χ1v) is 7.22. The van der Waals surface area contributed by atoms with Gasteiger partial charge in [-0.15, -0.1) is 0 Å². The monoisotopic (exact) mass is 310 g/mol. The number of benzene rings is 1. The van der Waals surface area contributed by atoms with Crippen LogP contribution in [-0.2, 0) is 6.54 Å². The fourth-order valence-corrected chi connectivity index (χ4v) is 2.01. The maximum absolute atomic E-state index is 11.9. The molecule has 2 aromatic rings. The summed E-state index contributed by atoms with van der Waals surface area (Å²) in [5.41, 5.74) is 0.494. The Labute approximate surface area is 128 Å². The van der Waals surface area contributed by atoms with Gasteiger partial charge in [0.15, 0.2) is 5.76 Å². The van der Waals surface area contributed by atoms with Gasteiger partial charge in [-0.3, -0.25) is 4.79 Å². The highest BCUT2D eigenvalue weighted by Crippen LogP contribution is 2.20. The van der Waals surface area contributed by atoms with Gasteiger partial charge in [0, 0.05) is 23.2 Å². The molecule has 1 atom stereocenters.